The molecule has 9 nitrogen and oxygen atoms in total. The summed E-state index contributed by atoms with van der Waals surface area (Å²) in [5.74, 6) is 1.12. The smallest absolute Gasteiger partial charge is 0.320 e. The highest BCUT2D eigenvalue weighted by Gasteiger charge is 2.16. The number of nitrogens with one attached hydrogen (secondary N) is 2. The van der Waals surface area contributed by atoms with Crippen molar-refractivity contribution in [3.05, 3.63) is 47.9 Å². The molecule has 0 fully saturated rings. The highest BCUT2D eigenvalue weighted by molar-refractivity contribution is 7.13. The van der Waals surface area contributed by atoms with Crippen LogP contribution in [0.1, 0.15) is 12.6 Å². The summed E-state index contributed by atoms with van der Waals surface area (Å²) in [4.78, 5) is 32.5. The molecule has 0 saturated heterocycles. The first-order chi connectivity index (χ1) is 15.0. The van der Waals surface area contributed by atoms with Crippen LogP contribution in [0.5, 0.6) is 0 Å². The number of thiazole rings is 1. The second kappa shape index (κ2) is 9.19. The fraction of sp³-hybridized carbons (Fsp3) is 0.286. The van der Waals surface area contributed by atoms with Crippen molar-refractivity contribution in [3.8, 4) is 22.1 Å². The second-order valence-electron chi connectivity index (χ2n) is 7.24. The van der Waals surface area contributed by atoms with Crippen LogP contribution in [-0.2, 0) is 6.42 Å². The van der Waals surface area contributed by atoms with E-state index in [0.29, 0.717) is 23.8 Å². The van der Waals surface area contributed by atoms with Gasteiger partial charge < -0.3 is 10.2 Å². The predicted molar refractivity (Wildman–Crippen MR) is 122 cm³/mol. The molecule has 0 aliphatic carbocycles. The third kappa shape index (κ3) is 4.86. The van der Waals surface area contributed by atoms with Crippen molar-refractivity contribution in [3.63, 3.8) is 0 Å². The van der Waals surface area contributed by atoms with E-state index < -0.39 is 0 Å². The molecule has 0 atom stereocenters. The normalized spacial score (nSPS) is 11.2. The molecule has 0 aliphatic rings. The van der Waals surface area contributed by atoms with Crippen molar-refractivity contribution >= 4 is 28.8 Å². The first-order valence-electron chi connectivity index (χ1n) is 9.98. The topological polar surface area (TPSA) is 100 Å². The number of hydrogen-bond acceptors (Lipinski definition) is 7. The Balaban J connectivity index is 1.77. The third-order valence-corrected chi connectivity index (χ3v) is 5.44. The van der Waals surface area contributed by atoms with Gasteiger partial charge in [-0.1, -0.05) is 0 Å². The molecule has 0 saturated carbocycles. The van der Waals surface area contributed by atoms with Gasteiger partial charge in [0.25, 0.3) is 0 Å². The summed E-state index contributed by atoms with van der Waals surface area (Å²) in [7, 11) is 4.09. The first-order valence-corrected chi connectivity index (χ1v) is 10.9. The molecular formula is C21H24N8OS. The molecular weight excluding hydrogens is 412 g/mol. The summed E-state index contributed by atoms with van der Waals surface area (Å²) in [5, 5.41) is 8.34. The highest BCUT2D eigenvalue weighted by Crippen LogP contribution is 2.28. The molecule has 4 aromatic heterocycles. The van der Waals surface area contributed by atoms with Gasteiger partial charge in [-0.05, 0) is 33.2 Å². The third-order valence-electron chi connectivity index (χ3n) is 4.55. The van der Waals surface area contributed by atoms with E-state index in [9.17, 15) is 4.79 Å². The molecule has 2 N–H and O–H groups in total. The Hall–Kier alpha value is -3.37. The van der Waals surface area contributed by atoms with Crippen LogP contribution in [-0.4, -0.2) is 62.5 Å². The van der Waals surface area contributed by atoms with Crippen molar-refractivity contribution < 1.29 is 4.79 Å². The number of amides is 2. The number of anilines is 1. The zero-order valence-electron chi connectivity index (χ0n) is 17.7. The lowest BCUT2D eigenvalue weighted by molar-refractivity contribution is 0.252. The Bertz CT molecular complexity index is 1180. The summed E-state index contributed by atoms with van der Waals surface area (Å²) < 4.78 is 1.86. The minimum Gasteiger partial charge on any atom is -0.338 e. The molecule has 4 rings (SSSR count). The van der Waals surface area contributed by atoms with Gasteiger partial charge in [0.05, 0.1) is 17.6 Å². The number of urea groups is 1. The van der Waals surface area contributed by atoms with Gasteiger partial charge in [-0.3, -0.25) is 14.7 Å². The molecule has 0 unspecified atom stereocenters. The van der Waals surface area contributed by atoms with Crippen LogP contribution in [0.4, 0.5) is 10.6 Å². The minimum atomic E-state index is -0.298. The highest BCUT2D eigenvalue weighted by atomic mass is 32.1. The van der Waals surface area contributed by atoms with Crippen LogP contribution in [0.15, 0.2) is 42.2 Å². The number of rotatable bonds is 7. The lowest BCUT2D eigenvalue weighted by Gasteiger charge is -2.07. The molecule has 0 bridgehead atoms. The fourth-order valence-corrected chi connectivity index (χ4v) is 3.88. The molecule has 4 heterocycles. The maximum absolute atomic E-state index is 12.0. The van der Waals surface area contributed by atoms with Gasteiger partial charge in [-0.25, -0.2) is 19.7 Å². The van der Waals surface area contributed by atoms with E-state index in [2.05, 4.69) is 30.9 Å². The van der Waals surface area contributed by atoms with Gasteiger partial charge in [0, 0.05) is 48.9 Å². The van der Waals surface area contributed by atoms with E-state index in [1.807, 2.05) is 43.6 Å². The van der Waals surface area contributed by atoms with E-state index in [4.69, 9.17) is 9.97 Å². The van der Waals surface area contributed by atoms with Crippen molar-refractivity contribution in [1.82, 2.24) is 34.6 Å². The number of fused-ring (bicyclic) bond motifs is 1. The van der Waals surface area contributed by atoms with Gasteiger partial charge >= 0.3 is 6.03 Å². The van der Waals surface area contributed by atoms with E-state index in [0.717, 1.165) is 34.9 Å². The molecule has 2 amide bonds. The van der Waals surface area contributed by atoms with E-state index in [1.165, 1.54) is 0 Å². The number of likely N-dealkylation sites (N-methyl/N-ethyl adjacent to an activating group) is 1. The summed E-state index contributed by atoms with van der Waals surface area (Å²) >= 11 is 1.55. The monoisotopic (exact) mass is 436 g/mol. The van der Waals surface area contributed by atoms with Crippen LogP contribution in [0, 0.1) is 0 Å². The van der Waals surface area contributed by atoms with Crippen molar-refractivity contribution in [1.29, 1.82) is 0 Å². The Labute approximate surface area is 184 Å². The molecule has 0 aromatic carbocycles. The minimum absolute atomic E-state index is 0.298. The van der Waals surface area contributed by atoms with Gasteiger partial charge in [0.2, 0.25) is 0 Å². The lowest BCUT2D eigenvalue weighted by Crippen LogP contribution is -2.28. The number of nitrogens with zero attached hydrogens (tertiary/aromatic N) is 6. The Kier molecular flexibility index (Phi) is 6.19. The summed E-state index contributed by atoms with van der Waals surface area (Å²) in [6.45, 7) is 3.32. The maximum Gasteiger partial charge on any atom is 0.320 e. The van der Waals surface area contributed by atoms with E-state index >= 15 is 0 Å². The van der Waals surface area contributed by atoms with E-state index in [-0.39, 0.29) is 6.03 Å². The van der Waals surface area contributed by atoms with Crippen LogP contribution in [0.3, 0.4) is 0 Å². The zero-order valence-corrected chi connectivity index (χ0v) is 18.5. The maximum atomic E-state index is 12.0. The van der Waals surface area contributed by atoms with Gasteiger partial charge in [-0.15, -0.1) is 11.3 Å². The molecule has 31 heavy (non-hydrogen) atoms. The van der Waals surface area contributed by atoms with Crippen molar-refractivity contribution in [2.24, 2.45) is 0 Å². The van der Waals surface area contributed by atoms with Crippen LogP contribution < -0.4 is 10.6 Å². The van der Waals surface area contributed by atoms with Crippen LogP contribution in [0.2, 0.25) is 0 Å². The lowest BCUT2D eigenvalue weighted by atomic mass is 10.2. The number of aromatic nitrogens is 5. The van der Waals surface area contributed by atoms with Gasteiger partial charge in [-0.2, -0.15) is 0 Å². The molecule has 4 aromatic rings. The quantitative estimate of drug-likeness (QED) is 0.462. The summed E-state index contributed by atoms with van der Waals surface area (Å²) in [6.07, 6.45) is 6.12. The average molecular weight is 437 g/mol. The molecule has 0 spiro atoms. The van der Waals surface area contributed by atoms with Crippen LogP contribution >= 0.6 is 11.3 Å². The van der Waals surface area contributed by atoms with Gasteiger partial charge in [0.1, 0.15) is 5.65 Å². The zero-order chi connectivity index (χ0) is 21.8. The first kappa shape index (κ1) is 20.9. The number of imidazole rings is 1. The fourth-order valence-electron chi connectivity index (χ4n) is 3.05. The van der Waals surface area contributed by atoms with E-state index in [1.54, 1.807) is 29.9 Å². The van der Waals surface area contributed by atoms with Gasteiger partial charge in [0.15, 0.2) is 16.6 Å². The standard InChI is InChI=1S/C21H24N8OS/c1-4-23-21(30)27-17-12-29-18(26-17)10-16(14-6-5-8-22-11-14)25-19(29)20-24-15(13-31-20)7-9-28(2)3/h5-6,8,10-13H,4,7,9H2,1-3H3,(H2,23,27,30). The molecule has 0 radical (unpaired) electrons. The predicted octanol–water partition coefficient (Wildman–Crippen LogP) is 3.16. The Morgan fingerprint density at radius 3 is 2.87 bits per heavy atom. The number of carbonyl (C=O) groups is 1. The molecule has 10 heteroatoms. The SMILES string of the molecule is CCNC(=O)Nc1cn2c(-c3nc(CCN(C)C)cs3)nc(-c3cccnc3)cc2n1. The number of carbonyl (C=O) groups excluding carboxylic acids is 1. The summed E-state index contributed by atoms with van der Waals surface area (Å²) in [6, 6.07) is 5.41. The average Bonchev–Trinajstić information content (AvgIpc) is 3.38. The number of hydrogen-bond donors (Lipinski definition) is 2. The number of pyridine rings is 1. The summed E-state index contributed by atoms with van der Waals surface area (Å²) in [5.41, 5.74) is 3.32. The second-order valence-corrected chi connectivity index (χ2v) is 8.10. The van der Waals surface area contributed by atoms with Crippen molar-refractivity contribution in [2.45, 2.75) is 13.3 Å². The van der Waals surface area contributed by atoms with Crippen molar-refractivity contribution in [2.75, 3.05) is 32.5 Å². The Morgan fingerprint density at radius 1 is 1.26 bits per heavy atom. The molecule has 0 aliphatic heterocycles. The molecule has 160 valence electrons. The largest absolute Gasteiger partial charge is 0.338 e. The Morgan fingerprint density at radius 2 is 2.13 bits per heavy atom. The van der Waals surface area contributed by atoms with Crippen LogP contribution in [0.25, 0.3) is 27.7 Å².